The Labute approximate surface area is 122 Å². The average Bonchev–Trinajstić information content (AvgIpc) is 2.90. The molecule has 0 saturated heterocycles. The molecule has 0 spiro atoms. The predicted octanol–water partition coefficient (Wildman–Crippen LogP) is 3.71. The topological polar surface area (TPSA) is 57.6 Å². The maximum absolute atomic E-state index is 12.0. The second kappa shape index (κ2) is 8.17. The number of hydrogen-bond donors (Lipinski definition) is 1. The Bertz CT molecular complexity index is 408. The third kappa shape index (κ3) is 5.20. The average molecular weight is 304 g/mol. The zero-order valence-electron chi connectivity index (χ0n) is 10.8. The zero-order valence-corrected chi connectivity index (χ0v) is 12.4. The Morgan fingerprint density at radius 1 is 1.47 bits per heavy atom. The lowest BCUT2D eigenvalue weighted by Gasteiger charge is -2.25. The molecule has 0 aliphatic rings. The number of halogens is 1. The largest absolute Gasteiger partial charge is 0.465 e. The minimum Gasteiger partial charge on any atom is -0.465 e. The van der Waals surface area contributed by atoms with Crippen molar-refractivity contribution in [1.29, 1.82) is 0 Å². The summed E-state index contributed by atoms with van der Waals surface area (Å²) in [6.45, 7) is 0. The highest BCUT2D eigenvalue weighted by Crippen LogP contribution is 2.18. The smallest absolute Gasteiger partial charge is 0.407 e. The normalized spacial score (nSPS) is 12.1. The fraction of sp³-hybridized carbons (Fsp3) is 0.538. The minimum absolute atomic E-state index is 0.000950. The number of nitrogens with zero attached hydrogens (tertiary/aromatic N) is 1. The van der Waals surface area contributed by atoms with Crippen molar-refractivity contribution in [1.82, 2.24) is 4.90 Å². The lowest BCUT2D eigenvalue weighted by molar-refractivity contribution is 0.0921. The van der Waals surface area contributed by atoms with E-state index in [2.05, 4.69) is 0 Å². The fourth-order valence-corrected chi connectivity index (χ4v) is 2.68. The van der Waals surface area contributed by atoms with Gasteiger partial charge in [-0.15, -0.1) is 22.9 Å². The molecule has 0 aliphatic carbocycles. The van der Waals surface area contributed by atoms with Crippen LogP contribution in [0.2, 0.25) is 0 Å². The van der Waals surface area contributed by atoms with Gasteiger partial charge in [-0.05, 0) is 24.3 Å². The van der Waals surface area contributed by atoms with E-state index in [9.17, 15) is 9.59 Å². The van der Waals surface area contributed by atoms with E-state index in [1.807, 2.05) is 11.4 Å². The van der Waals surface area contributed by atoms with Crippen LogP contribution in [0.4, 0.5) is 4.79 Å². The van der Waals surface area contributed by atoms with Gasteiger partial charge in [-0.25, -0.2) is 4.79 Å². The maximum Gasteiger partial charge on any atom is 0.407 e. The van der Waals surface area contributed by atoms with Crippen molar-refractivity contribution in [2.24, 2.45) is 0 Å². The Morgan fingerprint density at radius 3 is 2.74 bits per heavy atom. The van der Waals surface area contributed by atoms with Gasteiger partial charge in [-0.3, -0.25) is 4.79 Å². The highest BCUT2D eigenvalue weighted by atomic mass is 35.5. The predicted molar refractivity (Wildman–Crippen MR) is 77.4 cm³/mol. The Balaban J connectivity index is 2.62. The van der Waals surface area contributed by atoms with Gasteiger partial charge < -0.3 is 10.0 Å². The van der Waals surface area contributed by atoms with E-state index in [1.165, 1.54) is 23.3 Å². The van der Waals surface area contributed by atoms with Gasteiger partial charge in [-0.2, -0.15) is 0 Å². The molecule has 0 aromatic carbocycles. The number of amides is 1. The first-order chi connectivity index (χ1) is 9.06. The zero-order chi connectivity index (χ0) is 14.3. The van der Waals surface area contributed by atoms with Gasteiger partial charge in [0.25, 0.3) is 0 Å². The van der Waals surface area contributed by atoms with Crippen LogP contribution in [0.5, 0.6) is 0 Å². The molecule has 4 nitrogen and oxygen atoms in total. The van der Waals surface area contributed by atoms with Crippen molar-refractivity contribution in [2.45, 2.75) is 31.7 Å². The molecule has 1 rings (SSSR count). The van der Waals surface area contributed by atoms with Crippen molar-refractivity contribution >= 4 is 34.8 Å². The van der Waals surface area contributed by atoms with Crippen LogP contribution in [0.25, 0.3) is 0 Å². The molecule has 0 saturated carbocycles. The third-order valence-corrected chi connectivity index (χ3v) is 4.17. The van der Waals surface area contributed by atoms with Gasteiger partial charge in [-0.1, -0.05) is 12.5 Å². The van der Waals surface area contributed by atoms with Crippen molar-refractivity contribution in [3.8, 4) is 0 Å². The van der Waals surface area contributed by atoms with E-state index in [-0.39, 0.29) is 18.2 Å². The second-order valence-corrected chi connectivity index (χ2v) is 5.66. The third-order valence-electron chi connectivity index (χ3n) is 2.99. The summed E-state index contributed by atoms with van der Waals surface area (Å²) in [5.41, 5.74) is 0. The van der Waals surface area contributed by atoms with E-state index in [0.29, 0.717) is 17.2 Å². The summed E-state index contributed by atoms with van der Waals surface area (Å²) in [5, 5.41) is 10.9. The molecule has 0 aliphatic heterocycles. The number of carbonyl (C=O) groups excluding carboxylic acids is 1. The van der Waals surface area contributed by atoms with Crippen LogP contribution in [-0.2, 0) is 0 Å². The monoisotopic (exact) mass is 303 g/mol. The van der Waals surface area contributed by atoms with Crippen LogP contribution in [0.3, 0.4) is 0 Å². The van der Waals surface area contributed by atoms with Crippen LogP contribution in [-0.4, -0.2) is 40.9 Å². The number of rotatable bonds is 8. The summed E-state index contributed by atoms with van der Waals surface area (Å²) in [7, 11) is 1.51. The number of carboxylic acid groups (broad SMARTS) is 1. The van der Waals surface area contributed by atoms with Crippen LogP contribution in [0.1, 0.15) is 35.4 Å². The van der Waals surface area contributed by atoms with Crippen LogP contribution in [0, 0.1) is 0 Å². The lowest BCUT2D eigenvalue weighted by Crippen LogP contribution is -2.37. The molecule has 1 amide bonds. The Morgan fingerprint density at radius 2 is 2.21 bits per heavy atom. The molecule has 6 heteroatoms. The van der Waals surface area contributed by atoms with Gasteiger partial charge in [0.1, 0.15) is 0 Å². The van der Waals surface area contributed by atoms with E-state index < -0.39 is 6.09 Å². The first-order valence-corrected chi connectivity index (χ1v) is 7.56. The SMILES string of the molecule is CN(C(=O)O)C(CCCCCl)CC(=O)c1cccs1. The van der Waals surface area contributed by atoms with Gasteiger partial charge in [0.15, 0.2) is 5.78 Å². The molecule has 19 heavy (non-hydrogen) atoms. The van der Waals surface area contributed by atoms with Crippen molar-refractivity contribution < 1.29 is 14.7 Å². The van der Waals surface area contributed by atoms with Crippen molar-refractivity contribution in [3.63, 3.8) is 0 Å². The van der Waals surface area contributed by atoms with E-state index in [4.69, 9.17) is 16.7 Å². The standard InChI is InChI=1S/C13H18ClNO3S/c1-15(13(17)18)10(5-2-3-7-14)9-11(16)12-6-4-8-19-12/h4,6,8,10H,2-3,5,7,9H2,1H3,(H,17,18). The highest BCUT2D eigenvalue weighted by molar-refractivity contribution is 7.12. The first-order valence-electron chi connectivity index (χ1n) is 6.14. The number of alkyl halides is 1. The Hall–Kier alpha value is -1.07. The van der Waals surface area contributed by atoms with Crippen molar-refractivity contribution in [3.05, 3.63) is 22.4 Å². The van der Waals surface area contributed by atoms with E-state index in [1.54, 1.807) is 6.07 Å². The molecule has 0 fully saturated rings. The van der Waals surface area contributed by atoms with Gasteiger partial charge in [0, 0.05) is 25.4 Å². The molecular weight excluding hydrogens is 286 g/mol. The number of hydrogen-bond acceptors (Lipinski definition) is 3. The Kier molecular flexibility index (Phi) is 6.87. The molecule has 1 aromatic heterocycles. The molecule has 1 unspecified atom stereocenters. The van der Waals surface area contributed by atoms with Crippen molar-refractivity contribution in [2.75, 3.05) is 12.9 Å². The molecular formula is C13H18ClNO3S. The second-order valence-electron chi connectivity index (χ2n) is 4.34. The van der Waals surface area contributed by atoms with Crippen LogP contribution < -0.4 is 0 Å². The van der Waals surface area contributed by atoms with E-state index in [0.717, 1.165) is 12.8 Å². The van der Waals surface area contributed by atoms with Crippen LogP contribution >= 0.6 is 22.9 Å². The summed E-state index contributed by atoms with van der Waals surface area (Å²) in [4.78, 5) is 25.0. The van der Waals surface area contributed by atoms with Gasteiger partial charge in [0.2, 0.25) is 0 Å². The minimum atomic E-state index is -1.00. The van der Waals surface area contributed by atoms with Crippen LogP contribution in [0.15, 0.2) is 17.5 Å². The number of unbranched alkanes of at least 4 members (excludes halogenated alkanes) is 1. The molecule has 1 N–H and O–H groups in total. The summed E-state index contributed by atoms with van der Waals surface area (Å²) in [5.74, 6) is 0.557. The van der Waals surface area contributed by atoms with E-state index >= 15 is 0 Å². The lowest BCUT2D eigenvalue weighted by atomic mass is 10.0. The fourth-order valence-electron chi connectivity index (χ4n) is 1.82. The molecule has 0 radical (unpaired) electrons. The molecule has 1 atom stereocenters. The van der Waals surface area contributed by atoms with Gasteiger partial charge >= 0.3 is 6.09 Å². The number of thiophene rings is 1. The van der Waals surface area contributed by atoms with Gasteiger partial charge in [0.05, 0.1) is 4.88 Å². The number of carbonyl (C=O) groups is 2. The summed E-state index contributed by atoms with van der Waals surface area (Å²) < 4.78 is 0. The molecule has 0 bridgehead atoms. The number of ketones is 1. The highest BCUT2D eigenvalue weighted by Gasteiger charge is 2.22. The molecule has 1 heterocycles. The maximum atomic E-state index is 12.0. The molecule has 106 valence electrons. The molecule has 1 aromatic rings. The quantitative estimate of drug-likeness (QED) is 0.452. The number of Topliss-reactive ketones (excluding diaryl/α,β-unsaturated/α-hetero) is 1. The summed E-state index contributed by atoms with van der Waals surface area (Å²) in [6, 6.07) is 3.31. The summed E-state index contributed by atoms with van der Waals surface area (Å²) in [6.07, 6.45) is 1.54. The summed E-state index contributed by atoms with van der Waals surface area (Å²) >= 11 is 7.00. The first kappa shape index (κ1) is 16.0.